The SMILES string of the molecule is CCC(=O)c1ccc(Cl)cc1-c1cc(=O)n(C(Cc2ccccc2)C(=O)Nc2ccc3[nH]cnc3c2)cc1OC. The average molecular weight is 555 g/mol. The molecule has 0 saturated heterocycles. The Balaban J connectivity index is 1.59. The number of Topliss-reactive ketones (excluding diaryl/α,β-unsaturated/α-hetero) is 1. The molecule has 40 heavy (non-hydrogen) atoms. The van der Waals surface area contributed by atoms with Gasteiger partial charge in [0.1, 0.15) is 11.8 Å². The van der Waals surface area contributed by atoms with Gasteiger partial charge in [-0.1, -0.05) is 48.9 Å². The molecule has 0 bridgehead atoms. The van der Waals surface area contributed by atoms with Crippen LogP contribution in [0.15, 0.2) is 90.1 Å². The highest BCUT2D eigenvalue weighted by Crippen LogP contribution is 2.34. The molecule has 5 aromatic rings. The zero-order valence-corrected chi connectivity index (χ0v) is 22.7. The summed E-state index contributed by atoms with van der Waals surface area (Å²) in [5, 5.41) is 3.36. The van der Waals surface area contributed by atoms with Crippen molar-refractivity contribution >= 4 is 40.0 Å². The number of fused-ring (bicyclic) bond motifs is 1. The lowest BCUT2D eigenvalue weighted by atomic mass is 9.95. The number of aromatic amines is 1. The number of ketones is 1. The maximum atomic E-state index is 13.7. The molecule has 2 heterocycles. The second-order valence-corrected chi connectivity index (χ2v) is 9.73. The minimum Gasteiger partial charge on any atom is -0.495 e. The smallest absolute Gasteiger partial charge is 0.252 e. The van der Waals surface area contributed by atoms with Gasteiger partial charge in [-0.05, 0) is 47.5 Å². The third kappa shape index (κ3) is 5.53. The Hall–Kier alpha value is -4.69. The number of hydrogen-bond donors (Lipinski definition) is 2. The molecule has 2 N–H and O–H groups in total. The van der Waals surface area contributed by atoms with E-state index in [0.717, 1.165) is 11.1 Å². The molecule has 202 valence electrons. The third-order valence-electron chi connectivity index (χ3n) is 6.76. The first kappa shape index (κ1) is 26.9. The molecule has 1 unspecified atom stereocenters. The lowest BCUT2D eigenvalue weighted by molar-refractivity contribution is -0.119. The number of carbonyl (C=O) groups is 2. The van der Waals surface area contributed by atoms with Crippen LogP contribution in [-0.4, -0.2) is 33.3 Å². The molecule has 0 aliphatic carbocycles. The number of nitrogens with one attached hydrogen (secondary N) is 2. The van der Waals surface area contributed by atoms with E-state index in [1.807, 2.05) is 36.4 Å². The third-order valence-corrected chi connectivity index (χ3v) is 6.99. The van der Waals surface area contributed by atoms with Gasteiger partial charge in [-0.3, -0.25) is 19.0 Å². The summed E-state index contributed by atoms with van der Waals surface area (Å²) in [5.41, 5.74) is 3.92. The number of pyridine rings is 1. The number of ether oxygens (including phenoxy) is 1. The van der Waals surface area contributed by atoms with E-state index in [9.17, 15) is 14.4 Å². The summed E-state index contributed by atoms with van der Waals surface area (Å²) in [6.07, 6.45) is 3.65. The molecule has 1 atom stereocenters. The van der Waals surface area contributed by atoms with E-state index in [1.54, 1.807) is 43.6 Å². The molecule has 0 spiro atoms. The fourth-order valence-electron chi connectivity index (χ4n) is 4.71. The number of imidazole rings is 1. The summed E-state index contributed by atoms with van der Waals surface area (Å²) in [5.74, 6) is -0.135. The second kappa shape index (κ2) is 11.6. The minimum atomic E-state index is -0.899. The van der Waals surface area contributed by atoms with Crippen LogP contribution in [0.3, 0.4) is 0 Å². The van der Waals surface area contributed by atoms with Gasteiger partial charge in [0, 0.05) is 40.7 Å². The van der Waals surface area contributed by atoms with Crippen LogP contribution >= 0.6 is 11.6 Å². The summed E-state index contributed by atoms with van der Waals surface area (Å²) in [4.78, 5) is 47.3. The molecule has 3 aromatic carbocycles. The van der Waals surface area contributed by atoms with Crippen LogP contribution in [0.1, 0.15) is 35.3 Å². The van der Waals surface area contributed by atoms with E-state index in [-0.39, 0.29) is 24.5 Å². The average Bonchev–Trinajstić information content (AvgIpc) is 3.44. The van der Waals surface area contributed by atoms with Crippen molar-refractivity contribution in [2.24, 2.45) is 0 Å². The molecule has 0 aliphatic rings. The van der Waals surface area contributed by atoms with Crippen molar-refractivity contribution in [3.63, 3.8) is 0 Å². The van der Waals surface area contributed by atoms with Crippen molar-refractivity contribution in [3.05, 3.63) is 112 Å². The summed E-state index contributed by atoms with van der Waals surface area (Å²) in [7, 11) is 1.48. The predicted octanol–water partition coefficient (Wildman–Crippen LogP) is 6.07. The normalized spacial score (nSPS) is 11.8. The predicted molar refractivity (Wildman–Crippen MR) is 156 cm³/mol. The van der Waals surface area contributed by atoms with E-state index in [2.05, 4.69) is 15.3 Å². The van der Waals surface area contributed by atoms with Gasteiger partial charge in [0.05, 0.1) is 30.7 Å². The second-order valence-electron chi connectivity index (χ2n) is 9.30. The summed E-state index contributed by atoms with van der Waals surface area (Å²) in [6, 6.07) is 20.3. The monoisotopic (exact) mass is 554 g/mol. The Bertz CT molecular complexity index is 1760. The van der Waals surface area contributed by atoms with Crippen molar-refractivity contribution in [1.82, 2.24) is 14.5 Å². The number of amides is 1. The van der Waals surface area contributed by atoms with Crippen LogP contribution in [0.4, 0.5) is 5.69 Å². The fourth-order valence-corrected chi connectivity index (χ4v) is 4.88. The van der Waals surface area contributed by atoms with Crippen LogP contribution < -0.4 is 15.6 Å². The Morgan fingerprint density at radius 1 is 1.05 bits per heavy atom. The van der Waals surface area contributed by atoms with Crippen LogP contribution in [0, 0.1) is 0 Å². The first-order chi connectivity index (χ1) is 19.4. The maximum absolute atomic E-state index is 13.7. The maximum Gasteiger partial charge on any atom is 0.252 e. The van der Waals surface area contributed by atoms with E-state index in [0.29, 0.717) is 38.7 Å². The Labute approximate surface area is 235 Å². The van der Waals surface area contributed by atoms with Gasteiger partial charge in [0.25, 0.3) is 5.56 Å². The van der Waals surface area contributed by atoms with Gasteiger partial charge in [0.2, 0.25) is 5.91 Å². The molecular weight excluding hydrogens is 528 g/mol. The van der Waals surface area contributed by atoms with Crippen molar-refractivity contribution in [2.45, 2.75) is 25.8 Å². The molecule has 2 aromatic heterocycles. The van der Waals surface area contributed by atoms with Gasteiger partial charge >= 0.3 is 0 Å². The number of anilines is 1. The van der Waals surface area contributed by atoms with E-state index < -0.39 is 11.6 Å². The molecule has 0 radical (unpaired) electrons. The van der Waals surface area contributed by atoms with Gasteiger partial charge in [-0.25, -0.2) is 4.98 Å². The highest BCUT2D eigenvalue weighted by molar-refractivity contribution is 6.31. The van der Waals surface area contributed by atoms with Crippen LogP contribution in [0.5, 0.6) is 5.75 Å². The highest BCUT2D eigenvalue weighted by Gasteiger charge is 2.25. The molecule has 5 rings (SSSR count). The van der Waals surface area contributed by atoms with Crippen molar-refractivity contribution in [1.29, 1.82) is 0 Å². The highest BCUT2D eigenvalue weighted by atomic mass is 35.5. The van der Waals surface area contributed by atoms with E-state index in [1.165, 1.54) is 23.9 Å². The lowest BCUT2D eigenvalue weighted by Crippen LogP contribution is -2.34. The molecule has 9 heteroatoms. The molecule has 8 nitrogen and oxygen atoms in total. The standard InChI is InChI=1S/C31H27ClN4O4/c1-3-28(37)22-11-9-20(32)14-23(22)24-16-30(38)36(17-29(24)40-2)27(13-19-7-5-4-6-8-19)31(39)35-21-10-12-25-26(15-21)34-18-33-25/h4-12,14-18,27H,3,13H2,1-2H3,(H,33,34)(H,35,39). The lowest BCUT2D eigenvalue weighted by Gasteiger charge is -2.22. The first-order valence-electron chi connectivity index (χ1n) is 12.8. The topological polar surface area (TPSA) is 106 Å². The van der Waals surface area contributed by atoms with Gasteiger partial charge in [-0.15, -0.1) is 0 Å². The van der Waals surface area contributed by atoms with Crippen LogP contribution in [0.2, 0.25) is 5.02 Å². The number of benzene rings is 3. The molecule has 0 aliphatic heterocycles. The van der Waals surface area contributed by atoms with E-state index in [4.69, 9.17) is 16.3 Å². The Morgan fingerprint density at radius 3 is 2.60 bits per heavy atom. The molecule has 0 saturated carbocycles. The van der Waals surface area contributed by atoms with Crippen molar-refractivity contribution in [3.8, 4) is 16.9 Å². The van der Waals surface area contributed by atoms with Gasteiger partial charge in [-0.2, -0.15) is 0 Å². The number of methoxy groups -OCH3 is 1. The van der Waals surface area contributed by atoms with Crippen LogP contribution in [-0.2, 0) is 11.2 Å². The number of H-pyrrole nitrogens is 1. The van der Waals surface area contributed by atoms with Gasteiger partial charge in [0.15, 0.2) is 5.78 Å². The number of carbonyl (C=O) groups excluding carboxylic acids is 2. The summed E-state index contributed by atoms with van der Waals surface area (Å²) >= 11 is 6.27. The Kier molecular flexibility index (Phi) is 7.79. The first-order valence-corrected chi connectivity index (χ1v) is 13.2. The zero-order valence-electron chi connectivity index (χ0n) is 22.0. The summed E-state index contributed by atoms with van der Waals surface area (Å²) < 4.78 is 7.05. The zero-order chi connectivity index (χ0) is 28.2. The Morgan fingerprint density at radius 2 is 1.85 bits per heavy atom. The number of nitrogens with zero attached hydrogens (tertiary/aromatic N) is 2. The van der Waals surface area contributed by atoms with Gasteiger partial charge < -0.3 is 15.0 Å². The fraction of sp³-hybridized carbons (Fsp3) is 0.161. The molecule has 1 amide bonds. The largest absolute Gasteiger partial charge is 0.495 e. The molecule has 0 fully saturated rings. The minimum absolute atomic E-state index is 0.0897. The molecular formula is C31H27ClN4O4. The van der Waals surface area contributed by atoms with Crippen LogP contribution in [0.25, 0.3) is 22.2 Å². The quantitative estimate of drug-likeness (QED) is 0.215. The number of rotatable bonds is 9. The van der Waals surface area contributed by atoms with Crippen molar-refractivity contribution in [2.75, 3.05) is 12.4 Å². The van der Waals surface area contributed by atoms with Crippen molar-refractivity contribution < 1.29 is 14.3 Å². The summed E-state index contributed by atoms with van der Waals surface area (Å²) in [6.45, 7) is 1.77. The van der Waals surface area contributed by atoms with E-state index >= 15 is 0 Å². The number of hydrogen-bond acceptors (Lipinski definition) is 5. The number of aromatic nitrogens is 3. The number of halogens is 1.